The van der Waals surface area contributed by atoms with E-state index in [0.29, 0.717) is 28.7 Å². The molecule has 5 rings (SSSR count). The van der Waals surface area contributed by atoms with Crippen molar-refractivity contribution in [2.45, 2.75) is 109 Å². The quantitative estimate of drug-likeness (QED) is 0.0399. The van der Waals surface area contributed by atoms with Crippen molar-refractivity contribution < 1.29 is 48.6 Å². The molecule has 0 bridgehead atoms. The number of carboxylic acid groups (broad SMARTS) is 2. The first-order valence-electron chi connectivity index (χ1n) is 23.4. The monoisotopic (exact) mass is 957 g/mol. The van der Waals surface area contributed by atoms with Crippen molar-refractivity contribution in [2.75, 3.05) is 0 Å². The Morgan fingerprint density at radius 1 is 0.543 bits per heavy atom. The summed E-state index contributed by atoms with van der Waals surface area (Å²) in [6, 6.07) is 25.8. The second-order valence-corrected chi connectivity index (χ2v) is 17.9. The molecule has 9 N–H and O–H groups in total. The van der Waals surface area contributed by atoms with Crippen LogP contribution in [-0.4, -0.2) is 98.8 Å². The molecule has 5 aromatic rings. The van der Waals surface area contributed by atoms with Gasteiger partial charge in [-0.3, -0.25) is 33.6 Å². The van der Waals surface area contributed by atoms with Crippen LogP contribution in [0.5, 0.6) is 0 Å². The summed E-state index contributed by atoms with van der Waals surface area (Å²) in [5, 5.41) is 36.9. The summed E-state index contributed by atoms with van der Waals surface area (Å²) < 4.78 is 0. The second-order valence-electron chi connectivity index (χ2n) is 17.9. The van der Waals surface area contributed by atoms with Gasteiger partial charge in [0.05, 0.1) is 6.42 Å². The van der Waals surface area contributed by atoms with Gasteiger partial charge in [0.25, 0.3) is 0 Å². The van der Waals surface area contributed by atoms with Crippen LogP contribution >= 0.6 is 0 Å². The fraction of sp³-hybridized carbons (Fsp3) is 0.358. The highest BCUT2D eigenvalue weighted by Crippen LogP contribution is 2.29. The lowest BCUT2D eigenvalue weighted by Crippen LogP contribution is -2.61. The zero-order chi connectivity index (χ0) is 50.9. The number of hydrogen-bond donors (Lipinski definition) is 9. The minimum Gasteiger partial charge on any atom is -0.481 e. The summed E-state index contributed by atoms with van der Waals surface area (Å²) in [6.45, 7) is 8.32. The molecule has 7 atom stereocenters. The molecule has 0 aliphatic carbocycles. The highest BCUT2D eigenvalue weighted by atomic mass is 16.4. The third kappa shape index (κ3) is 15.1. The summed E-state index contributed by atoms with van der Waals surface area (Å²) in [4.78, 5) is 112. The van der Waals surface area contributed by atoms with Crippen molar-refractivity contribution in [3.63, 3.8) is 0 Å². The number of aromatic nitrogens is 1. The van der Waals surface area contributed by atoms with Crippen LogP contribution < -0.4 is 31.9 Å². The molecule has 70 heavy (non-hydrogen) atoms. The Bertz CT molecular complexity index is 2550. The van der Waals surface area contributed by atoms with Gasteiger partial charge >= 0.3 is 11.9 Å². The van der Waals surface area contributed by atoms with E-state index in [4.69, 9.17) is 0 Å². The highest BCUT2D eigenvalue weighted by molar-refractivity contribution is 5.98. The fourth-order valence-electron chi connectivity index (χ4n) is 8.31. The number of aromatic amines is 1. The number of aliphatic carboxylic acids is 2. The average Bonchev–Trinajstić information content (AvgIpc) is 3.74. The molecular weight excluding hydrogens is 895 g/mol. The molecule has 0 aliphatic heterocycles. The van der Waals surface area contributed by atoms with Crippen LogP contribution in [0, 0.1) is 11.8 Å². The number of fused-ring (bicyclic) bond motifs is 1. The number of rotatable bonds is 25. The number of para-hydroxylation sites is 1. The van der Waals surface area contributed by atoms with Gasteiger partial charge in [-0.2, -0.15) is 0 Å². The summed E-state index contributed by atoms with van der Waals surface area (Å²) in [6.07, 6.45) is 1.03. The van der Waals surface area contributed by atoms with Crippen molar-refractivity contribution >= 4 is 58.3 Å². The molecule has 4 aromatic carbocycles. The van der Waals surface area contributed by atoms with E-state index in [9.17, 15) is 48.6 Å². The van der Waals surface area contributed by atoms with Crippen molar-refractivity contribution in [3.8, 4) is 0 Å². The van der Waals surface area contributed by atoms with Crippen LogP contribution in [0.3, 0.4) is 0 Å². The number of nitrogens with one attached hydrogen (secondary N) is 7. The summed E-state index contributed by atoms with van der Waals surface area (Å²) in [7, 11) is 0. The lowest BCUT2D eigenvalue weighted by Gasteiger charge is -2.31. The first-order valence-corrected chi connectivity index (χ1v) is 23.4. The molecular formula is C53H63N7O10. The number of amides is 6. The van der Waals surface area contributed by atoms with Gasteiger partial charge in [0.1, 0.15) is 36.3 Å². The molecule has 0 aliphatic rings. The third-order valence-corrected chi connectivity index (χ3v) is 12.1. The minimum atomic E-state index is -1.74. The largest absolute Gasteiger partial charge is 0.481 e. The number of carbonyl (C=O) groups is 8. The highest BCUT2D eigenvalue weighted by Gasteiger charge is 2.38. The summed E-state index contributed by atoms with van der Waals surface area (Å²) >= 11 is 0. The summed E-state index contributed by atoms with van der Waals surface area (Å²) in [5.74, 6) is -8.96. The number of carbonyl (C=O) groups excluding carboxylic acids is 6. The Morgan fingerprint density at radius 2 is 1.04 bits per heavy atom. The van der Waals surface area contributed by atoms with Crippen LogP contribution in [0.1, 0.15) is 82.1 Å². The zero-order valence-corrected chi connectivity index (χ0v) is 39.9. The van der Waals surface area contributed by atoms with Crippen LogP contribution in [0.15, 0.2) is 121 Å². The first kappa shape index (κ1) is 53.1. The van der Waals surface area contributed by atoms with E-state index in [1.165, 1.54) is 6.92 Å². The third-order valence-electron chi connectivity index (χ3n) is 12.1. The Kier molecular flexibility index (Phi) is 19.4. The minimum absolute atomic E-state index is 0.0557. The predicted molar refractivity (Wildman–Crippen MR) is 263 cm³/mol. The molecule has 1 heterocycles. The van der Waals surface area contributed by atoms with Gasteiger partial charge in [-0.25, -0.2) is 4.79 Å². The maximum absolute atomic E-state index is 14.4. The van der Waals surface area contributed by atoms with E-state index in [2.05, 4.69) is 36.9 Å². The van der Waals surface area contributed by atoms with Crippen molar-refractivity contribution in [1.29, 1.82) is 0 Å². The smallest absolute Gasteiger partial charge is 0.326 e. The number of benzene rings is 4. The molecule has 370 valence electrons. The molecule has 0 saturated heterocycles. The number of carboxylic acids is 2. The van der Waals surface area contributed by atoms with Gasteiger partial charge in [0.2, 0.25) is 35.4 Å². The Hall–Kier alpha value is -7.82. The Balaban J connectivity index is 1.37. The van der Waals surface area contributed by atoms with E-state index in [1.807, 2.05) is 74.5 Å². The lowest BCUT2D eigenvalue weighted by atomic mass is 9.84. The van der Waals surface area contributed by atoms with Crippen LogP contribution in [-0.2, 0) is 51.2 Å². The van der Waals surface area contributed by atoms with Gasteiger partial charge in [0.15, 0.2) is 0 Å². The number of H-pyrrole nitrogens is 1. The molecule has 17 nitrogen and oxygen atoms in total. The molecule has 0 fully saturated rings. The average molecular weight is 958 g/mol. The van der Waals surface area contributed by atoms with Crippen molar-refractivity contribution in [2.24, 2.45) is 11.8 Å². The molecule has 0 unspecified atom stereocenters. The molecule has 0 radical (unpaired) electrons. The van der Waals surface area contributed by atoms with E-state index < -0.39 is 102 Å². The normalized spacial score (nSPS) is 14.2. The Morgan fingerprint density at radius 3 is 1.60 bits per heavy atom. The van der Waals surface area contributed by atoms with E-state index in [-0.39, 0.29) is 25.2 Å². The molecule has 17 heteroatoms. The van der Waals surface area contributed by atoms with E-state index in [1.54, 1.807) is 74.6 Å². The van der Waals surface area contributed by atoms with Gasteiger partial charge in [0, 0.05) is 42.8 Å². The topological polar surface area (TPSA) is 265 Å². The van der Waals surface area contributed by atoms with Crippen molar-refractivity contribution in [3.05, 3.63) is 144 Å². The molecule has 6 amide bonds. The first-order chi connectivity index (χ1) is 33.4. The van der Waals surface area contributed by atoms with Gasteiger partial charge in [-0.1, -0.05) is 143 Å². The SMILES string of the molecule is CC[C@H](C)[C@H](NC(=O)[C@H](CC(=O)O)NC(=O)[C@H](CC(C)C)NC(=O)[C@H](NC(C)=O)C(c1ccccc1)c1ccccc1)C(=O)N[C@@H](Cc1ccccc1)C(=O)N[C@@H](Cc1c[nH]c2ccccc12)C(=O)O. The molecule has 1 aromatic heterocycles. The van der Waals surface area contributed by atoms with Gasteiger partial charge in [-0.15, -0.1) is 0 Å². The fourth-order valence-corrected chi connectivity index (χ4v) is 8.31. The predicted octanol–water partition coefficient (Wildman–Crippen LogP) is 4.37. The molecule has 0 saturated carbocycles. The summed E-state index contributed by atoms with van der Waals surface area (Å²) in [5.41, 5.74) is 3.51. The van der Waals surface area contributed by atoms with Crippen molar-refractivity contribution in [1.82, 2.24) is 36.9 Å². The van der Waals surface area contributed by atoms with E-state index in [0.717, 1.165) is 10.9 Å². The Labute approximate surface area is 407 Å². The second kappa shape index (κ2) is 25.5. The maximum atomic E-state index is 14.4. The standard InChI is InChI=1S/C53H63N7O10/c1-6-32(4)46(51(67)58-41(27-34-18-10-7-11-19-34)49(65)59-43(53(69)70)28-37-30-54-39-25-17-16-24-38(37)39)60-50(66)42(29-44(62)63)56-48(64)40(26-31(2)3)57-52(68)47(55-33(5)61)45(35-20-12-8-13-21-35)36-22-14-9-15-23-36/h7-25,30-32,40-43,45-47,54H,6,26-29H2,1-5H3,(H,55,61)(H,56,64)(H,57,68)(H,58,67)(H,59,65)(H,60,66)(H,62,63)(H,69,70)/t32-,40-,41-,42-,43-,46-,47+/m0/s1. The molecule has 0 spiro atoms. The van der Waals surface area contributed by atoms with Crippen LogP contribution in [0.2, 0.25) is 0 Å². The number of hydrogen-bond acceptors (Lipinski definition) is 8. The lowest BCUT2D eigenvalue weighted by molar-refractivity contribution is -0.142. The van der Waals surface area contributed by atoms with Crippen LogP contribution in [0.4, 0.5) is 0 Å². The van der Waals surface area contributed by atoms with E-state index >= 15 is 0 Å². The van der Waals surface area contributed by atoms with Gasteiger partial charge in [-0.05, 0) is 46.6 Å². The zero-order valence-electron chi connectivity index (χ0n) is 39.9. The van der Waals surface area contributed by atoms with Crippen LogP contribution in [0.25, 0.3) is 10.9 Å². The maximum Gasteiger partial charge on any atom is 0.326 e. The van der Waals surface area contributed by atoms with Gasteiger partial charge < -0.3 is 47.1 Å².